The number of nitrogens with zero attached hydrogens (tertiary/aromatic N) is 2. The highest BCUT2D eigenvalue weighted by molar-refractivity contribution is 5.93. The molecule has 0 aliphatic rings. The van der Waals surface area contributed by atoms with Gasteiger partial charge in [-0.15, -0.1) is 13.2 Å². The van der Waals surface area contributed by atoms with Crippen LogP contribution in [0.25, 0.3) is 0 Å². The molecule has 1 aromatic rings. The van der Waals surface area contributed by atoms with Crippen molar-refractivity contribution in [1.29, 1.82) is 0 Å². The Morgan fingerprint density at radius 1 is 1.21 bits per heavy atom. The lowest BCUT2D eigenvalue weighted by Crippen LogP contribution is -2.26. The molecule has 0 saturated heterocycles. The van der Waals surface area contributed by atoms with Crippen LogP contribution in [0, 0.1) is 6.92 Å². The van der Waals surface area contributed by atoms with Crippen LogP contribution >= 0.6 is 0 Å². The van der Waals surface area contributed by atoms with Gasteiger partial charge in [-0.05, 0) is 24.6 Å². The SMILES string of the molecule is Cc1ccc(OC(F)(F)F)c(N=C(N)N=C(N)N)c1. The fraction of sp³-hybridized carbons (Fsp3) is 0.200. The van der Waals surface area contributed by atoms with E-state index in [0.717, 1.165) is 6.07 Å². The molecule has 0 fully saturated rings. The third kappa shape index (κ3) is 5.15. The number of alkyl halides is 3. The van der Waals surface area contributed by atoms with Crippen LogP contribution in [0.1, 0.15) is 5.56 Å². The van der Waals surface area contributed by atoms with Crippen molar-refractivity contribution >= 4 is 17.6 Å². The maximum atomic E-state index is 12.2. The molecule has 0 saturated carbocycles. The minimum Gasteiger partial charge on any atom is -0.403 e. The van der Waals surface area contributed by atoms with Gasteiger partial charge in [-0.25, -0.2) is 4.99 Å². The molecular formula is C10H12F3N5O. The second-order valence-electron chi connectivity index (χ2n) is 3.53. The van der Waals surface area contributed by atoms with Crippen LogP contribution in [0.15, 0.2) is 28.2 Å². The Bertz CT molecular complexity index is 520. The normalized spacial score (nSPS) is 12.1. The van der Waals surface area contributed by atoms with Crippen LogP contribution in [-0.4, -0.2) is 18.3 Å². The quantitative estimate of drug-likeness (QED) is 0.554. The third-order valence-electron chi connectivity index (χ3n) is 1.82. The number of ether oxygens (including phenoxy) is 1. The Morgan fingerprint density at radius 3 is 2.37 bits per heavy atom. The third-order valence-corrected chi connectivity index (χ3v) is 1.82. The van der Waals surface area contributed by atoms with Gasteiger partial charge in [0, 0.05) is 0 Å². The summed E-state index contributed by atoms with van der Waals surface area (Å²) in [7, 11) is 0. The number of halogens is 3. The van der Waals surface area contributed by atoms with E-state index < -0.39 is 12.1 Å². The lowest BCUT2D eigenvalue weighted by Gasteiger charge is -2.11. The first kappa shape index (κ1) is 14.6. The number of rotatable bonds is 2. The fourth-order valence-electron chi connectivity index (χ4n) is 1.21. The van der Waals surface area contributed by atoms with E-state index in [-0.39, 0.29) is 17.6 Å². The Morgan fingerprint density at radius 2 is 1.84 bits per heavy atom. The summed E-state index contributed by atoms with van der Waals surface area (Å²) in [5, 5.41) is 0. The van der Waals surface area contributed by atoms with E-state index in [2.05, 4.69) is 14.7 Å². The number of hydrogen-bond donors (Lipinski definition) is 3. The van der Waals surface area contributed by atoms with Gasteiger partial charge in [0.25, 0.3) is 0 Å². The fourth-order valence-corrected chi connectivity index (χ4v) is 1.21. The van der Waals surface area contributed by atoms with Crippen molar-refractivity contribution in [2.75, 3.05) is 0 Å². The molecule has 0 spiro atoms. The minimum absolute atomic E-state index is 0.125. The number of aliphatic imine (C=N–C) groups is 2. The number of nitrogens with two attached hydrogens (primary N) is 3. The monoisotopic (exact) mass is 275 g/mol. The highest BCUT2D eigenvalue weighted by Crippen LogP contribution is 2.33. The van der Waals surface area contributed by atoms with Gasteiger partial charge in [-0.3, -0.25) is 0 Å². The highest BCUT2D eigenvalue weighted by atomic mass is 19.4. The van der Waals surface area contributed by atoms with Crippen molar-refractivity contribution in [3.05, 3.63) is 23.8 Å². The predicted octanol–water partition coefficient (Wildman–Crippen LogP) is 1.11. The molecule has 0 aromatic heterocycles. The van der Waals surface area contributed by atoms with E-state index in [1.54, 1.807) is 6.92 Å². The van der Waals surface area contributed by atoms with Gasteiger partial charge >= 0.3 is 6.36 Å². The van der Waals surface area contributed by atoms with Crippen LogP contribution < -0.4 is 21.9 Å². The molecule has 1 rings (SSSR count). The molecule has 0 aliphatic carbocycles. The summed E-state index contributed by atoms with van der Waals surface area (Å²) in [6, 6.07) is 3.93. The highest BCUT2D eigenvalue weighted by Gasteiger charge is 2.32. The summed E-state index contributed by atoms with van der Waals surface area (Å²) in [5.41, 5.74) is 16.0. The Balaban J connectivity index is 3.18. The maximum absolute atomic E-state index is 12.2. The molecule has 0 atom stereocenters. The maximum Gasteiger partial charge on any atom is 0.573 e. The molecule has 0 aliphatic heterocycles. The average Bonchev–Trinajstić information content (AvgIpc) is 2.19. The van der Waals surface area contributed by atoms with E-state index in [4.69, 9.17) is 17.2 Å². The first-order valence-corrected chi connectivity index (χ1v) is 4.97. The van der Waals surface area contributed by atoms with Crippen molar-refractivity contribution in [3.63, 3.8) is 0 Å². The number of benzene rings is 1. The zero-order chi connectivity index (χ0) is 14.6. The summed E-state index contributed by atoms with van der Waals surface area (Å²) >= 11 is 0. The molecular weight excluding hydrogens is 263 g/mol. The molecule has 0 unspecified atom stereocenters. The van der Waals surface area contributed by atoms with Crippen molar-refractivity contribution in [1.82, 2.24) is 0 Å². The van der Waals surface area contributed by atoms with Crippen LogP contribution in [0.4, 0.5) is 18.9 Å². The first-order chi connectivity index (χ1) is 8.67. The van der Waals surface area contributed by atoms with E-state index in [1.807, 2.05) is 0 Å². The van der Waals surface area contributed by atoms with Gasteiger partial charge in [0.2, 0.25) is 5.96 Å². The van der Waals surface area contributed by atoms with Gasteiger partial charge in [0.1, 0.15) is 5.69 Å². The van der Waals surface area contributed by atoms with Crippen LogP contribution in [0.5, 0.6) is 5.75 Å². The summed E-state index contributed by atoms with van der Waals surface area (Å²) < 4.78 is 40.4. The molecule has 9 heteroatoms. The zero-order valence-electron chi connectivity index (χ0n) is 9.90. The second-order valence-corrected chi connectivity index (χ2v) is 3.53. The van der Waals surface area contributed by atoms with Crippen molar-refractivity contribution < 1.29 is 17.9 Å². The Hall–Kier alpha value is -2.45. The smallest absolute Gasteiger partial charge is 0.403 e. The number of aryl methyl sites for hydroxylation is 1. The molecule has 6 nitrogen and oxygen atoms in total. The molecule has 0 radical (unpaired) electrons. The lowest BCUT2D eigenvalue weighted by atomic mass is 10.2. The number of hydrogen-bond acceptors (Lipinski definition) is 2. The van der Waals surface area contributed by atoms with E-state index in [0.29, 0.717) is 5.56 Å². The van der Waals surface area contributed by atoms with E-state index in [1.165, 1.54) is 12.1 Å². The topological polar surface area (TPSA) is 112 Å². The van der Waals surface area contributed by atoms with E-state index >= 15 is 0 Å². The van der Waals surface area contributed by atoms with Crippen molar-refractivity contribution in [2.24, 2.45) is 27.2 Å². The molecule has 1 aromatic carbocycles. The molecule has 0 heterocycles. The van der Waals surface area contributed by atoms with Crippen molar-refractivity contribution in [3.8, 4) is 5.75 Å². The van der Waals surface area contributed by atoms with Gasteiger partial charge in [0.15, 0.2) is 11.7 Å². The summed E-state index contributed by atoms with van der Waals surface area (Å²) in [5.74, 6) is -1.23. The average molecular weight is 275 g/mol. The zero-order valence-corrected chi connectivity index (χ0v) is 9.90. The molecule has 6 N–H and O–H groups in total. The lowest BCUT2D eigenvalue weighted by molar-refractivity contribution is -0.274. The van der Waals surface area contributed by atoms with E-state index in [9.17, 15) is 13.2 Å². The molecule has 0 amide bonds. The standard InChI is InChI=1S/C10H12F3N5O/c1-5-2-3-7(19-10(11,12)13)6(4-5)17-9(16)18-8(14)15/h2-4H,1H3,(H6,14,15,16,17,18). The largest absolute Gasteiger partial charge is 0.573 e. The van der Waals surface area contributed by atoms with Crippen LogP contribution in [-0.2, 0) is 0 Å². The summed E-state index contributed by atoms with van der Waals surface area (Å²) in [6.45, 7) is 1.67. The summed E-state index contributed by atoms with van der Waals surface area (Å²) in [6.07, 6.45) is -4.83. The minimum atomic E-state index is -4.83. The summed E-state index contributed by atoms with van der Waals surface area (Å²) in [4.78, 5) is 7.07. The molecule has 19 heavy (non-hydrogen) atoms. The Labute approximate surface area is 106 Å². The van der Waals surface area contributed by atoms with Gasteiger partial charge in [-0.2, -0.15) is 4.99 Å². The first-order valence-electron chi connectivity index (χ1n) is 4.97. The second kappa shape index (κ2) is 5.46. The molecule has 0 bridgehead atoms. The predicted molar refractivity (Wildman–Crippen MR) is 65.0 cm³/mol. The Kier molecular flexibility index (Phi) is 4.20. The van der Waals surface area contributed by atoms with Gasteiger partial charge < -0.3 is 21.9 Å². The van der Waals surface area contributed by atoms with Crippen molar-refractivity contribution in [2.45, 2.75) is 13.3 Å². The molecule has 104 valence electrons. The van der Waals surface area contributed by atoms with Gasteiger partial charge in [0.05, 0.1) is 0 Å². The number of guanidine groups is 2. The van der Waals surface area contributed by atoms with Gasteiger partial charge in [-0.1, -0.05) is 6.07 Å². The van der Waals surface area contributed by atoms with Crippen LogP contribution in [0.2, 0.25) is 0 Å². The van der Waals surface area contributed by atoms with Crippen LogP contribution in [0.3, 0.4) is 0 Å².